The van der Waals surface area contributed by atoms with Crippen molar-refractivity contribution >= 4 is 32.5 Å². The predicted molar refractivity (Wildman–Crippen MR) is 108 cm³/mol. The highest BCUT2D eigenvalue weighted by Crippen LogP contribution is 2.50. The van der Waals surface area contributed by atoms with Crippen molar-refractivity contribution in [1.82, 2.24) is 9.29 Å². The highest BCUT2D eigenvalue weighted by atomic mass is 32.2. The van der Waals surface area contributed by atoms with E-state index < -0.39 is 10.0 Å². The van der Waals surface area contributed by atoms with Gasteiger partial charge in [0, 0.05) is 41.8 Å². The van der Waals surface area contributed by atoms with Gasteiger partial charge in [-0.15, -0.1) is 0 Å². The van der Waals surface area contributed by atoms with E-state index in [0.717, 1.165) is 23.9 Å². The normalized spacial score (nSPS) is 17.5. The molecule has 1 saturated carbocycles. The number of sulfonamides is 1. The molecule has 2 aromatic carbocycles. The third-order valence-corrected chi connectivity index (χ3v) is 7.33. The van der Waals surface area contributed by atoms with Crippen molar-refractivity contribution in [2.24, 2.45) is 7.05 Å². The second kappa shape index (κ2) is 5.93. The predicted octanol–water partition coefficient (Wildman–Crippen LogP) is 2.68. The number of carbonyl (C=O) groups excluding carboxylic acids is 1. The smallest absolute Gasteiger partial charge is 0.240 e. The van der Waals surface area contributed by atoms with E-state index in [1.54, 1.807) is 18.2 Å². The molecular weight excluding hydrogens is 374 g/mol. The Bertz CT molecular complexity index is 1220. The fourth-order valence-electron chi connectivity index (χ4n) is 4.15. The van der Waals surface area contributed by atoms with Gasteiger partial charge in [-0.3, -0.25) is 4.79 Å². The fraction of sp³-hybridized carbons (Fsp3) is 0.286. The lowest BCUT2D eigenvalue weighted by Gasteiger charge is -2.16. The van der Waals surface area contributed by atoms with Crippen LogP contribution in [-0.4, -0.2) is 25.4 Å². The molecule has 3 aromatic rings. The first-order valence-corrected chi connectivity index (χ1v) is 10.8. The molecule has 0 spiro atoms. The molecule has 144 valence electrons. The van der Waals surface area contributed by atoms with Gasteiger partial charge in [0.2, 0.25) is 15.9 Å². The Labute approximate surface area is 163 Å². The van der Waals surface area contributed by atoms with E-state index in [-0.39, 0.29) is 22.6 Å². The molecule has 6 nitrogen and oxygen atoms in total. The number of benzene rings is 2. The van der Waals surface area contributed by atoms with Gasteiger partial charge in [0.25, 0.3) is 0 Å². The number of carbonyl (C=O) groups is 1. The minimum Gasteiger partial charge on any atom is -0.350 e. The summed E-state index contributed by atoms with van der Waals surface area (Å²) >= 11 is 0. The second-order valence-electron chi connectivity index (χ2n) is 7.82. The number of aryl methyl sites for hydroxylation is 1. The third-order valence-electron chi connectivity index (χ3n) is 5.93. The van der Waals surface area contributed by atoms with Gasteiger partial charge in [0.1, 0.15) is 0 Å². The molecule has 2 heterocycles. The van der Waals surface area contributed by atoms with Crippen molar-refractivity contribution < 1.29 is 13.2 Å². The highest BCUT2D eigenvalue weighted by Gasteiger charge is 2.46. The van der Waals surface area contributed by atoms with Crippen molar-refractivity contribution in [3.8, 4) is 0 Å². The molecule has 0 bridgehead atoms. The number of anilines is 1. The van der Waals surface area contributed by atoms with Crippen LogP contribution in [0.3, 0.4) is 0 Å². The minimum absolute atomic E-state index is 0.106. The maximum Gasteiger partial charge on any atom is 0.240 e. The number of hydrogen-bond donors (Lipinski definition) is 2. The van der Waals surface area contributed by atoms with Crippen molar-refractivity contribution in [1.29, 1.82) is 0 Å². The summed E-state index contributed by atoms with van der Waals surface area (Å²) in [5.74, 6) is -0.106. The number of para-hydroxylation sites is 1. The summed E-state index contributed by atoms with van der Waals surface area (Å²) < 4.78 is 30.6. The van der Waals surface area contributed by atoms with E-state index in [9.17, 15) is 13.2 Å². The number of nitrogens with zero attached hydrogens (tertiary/aromatic N) is 1. The van der Waals surface area contributed by atoms with Crippen molar-refractivity contribution in [3.05, 3.63) is 59.8 Å². The van der Waals surface area contributed by atoms with Crippen LogP contribution in [0.1, 0.15) is 24.0 Å². The van der Waals surface area contributed by atoms with E-state index in [4.69, 9.17) is 0 Å². The summed E-state index contributed by atoms with van der Waals surface area (Å²) in [6, 6.07) is 13.0. The monoisotopic (exact) mass is 395 g/mol. The van der Waals surface area contributed by atoms with Gasteiger partial charge in [-0.1, -0.05) is 18.2 Å². The summed E-state index contributed by atoms with van der Waals surface area (Å²) in [7, 11) is -1.62. The third kappa shape index (κ3) is 2.73. The number of rotatable bonds is 5. The fourth-order valence-corrected chi connectivity index (χ4v) is 5.32. The van der Waals surface area contributed by atoms with Crippen molar-refractivity contribution in [2.75, 3.05) is 11.9 Å². The zero-order chi connectivity index (χ0) is 19.5. The molecular formula is C21H21N3O3S. The summed E-state index contributed by atoms with van der Waals surface area (Å²) in [5.41, 5.74) is 3.63. The molecule has 1 aliphatic carbocycles. The maximum absolute atomic E-state index is 12.9. The van der Waals surface area contributed by atoms with Gasteiger partial charge < -0.3 is 9.88 Å². The lowest BCUT2D eigenvalue weighted by Crippen LogP contribution is -2.32. The number of nitrogens with one attached hydrogen (secondary N) is 2. The average molecular weight is 395 g/mol. The van der Waals surface area contributed by atoms with Gasteiger partial charge in [-0.2, -0.15) is 0 Å². The molecule has 1 aliphatic heterocycles. The van der Waals surface area contributed by atoms with Crippen molar-refractivity contribution in [3.63, 3.8) is 0 Å². The summed E-state index contributed by atoms with van der Waals surface area (Å²) in [6.45, 7) is 0.373. The van der Waals surface area contributed by atoms with Crippen LogP contribution in [0.15, 0.2) is 53.6 Å². The topological polar surface area (TPSA) is 80.2 Å². The zero-order valence-corrected chi connectivity index (χ0v) is 16.3. The van der Waals surface area contributed by atoms with Crippen LogP contribution in [0.4, 0.5) is 5.69 Å². The van der Waals surface area contributed by atoms with E-state index in [2.05, 4.69) is 32.9 Å². The summed E-state index contributed by atoms with van der Waals surface area (Å²) in [5, 5.41) is 3.91. The highest BCUT2D eigenvalue weighted by molar-refractivity contribution is 7.89. The van der Waals surface area contributed by atoms with Gasteiger partial charge in [-0.25, -0.2) is 13.1 Å². The van der Waals surface area contributed by atoms with Gasteiger partial charge in [0.15, 0.2) is 0 Å². The Kier molecular flexibility index (Phi) is 3.70. The quantitative estimate of drug-likeness (QED) is 0.697. The van der Waals surface area contributed by atoms with Crippen LogP contribution in [0.5, 0.6) is 0 Å². The van der Waals surface area contributed by atoms with Gasteiger partial charge in [0.05, 0.1) is 11.3 Å². The zero-order valence-electron chi connectivity index (χ0n) is 15.5. The van der Waals surface area contributed by atoms with Crippen LogP contribution in [0.25, 0.3) is 10.9 Å². The average Bonchev–Trinajstić information content (AvgIpc) is 3.26. The largest absolute Gasteiger partial charge is 0.350 e. The molecule has 1 fully saturated rings. The van der Waals surface area contributed by atoms with E-state index in [1.807, 2.05) is 19.2 Å². The molecule has 0 radical (unpaired) electrons. The van der Waals surface area contributed by atoms with Crippen LogP contribution in [0, 0.1) is 0 Å². The number of hydrogen-bond acceptors (Lipinski definition) is 3. The molecule has 7 heteroatoms. The molecule has 1 aromatic heterocycles. The minimum atomic E-state index is -3.64. The SMILES string of the molecule is Cn1cc(C2(CNS(=O)(=O)c3ccc4c(c3)CC(=O)N4)CC2)c2ccccc21. The number of amides is 1. The van der Waals surface area contributed by atoms with Gasteiger partial charge in [-0.05, 0) is 48.2 Å². The lowest BCUT2D eigenvalue weighted by atomic mass is 9.96. The number of fused-ring (bicyclic) bond motifs is 2. The first kappa shape index (κ1) is 17.5. The molecule has 0 saturated heterocycles. The Morgan fingerprint density at radius 3 is 2.75 bits per heavy atom. The van der Waals surface area contributed by atoms with E-state index in [0.29, 0.717) is 12.2 Å². The summed E-state index contributed by atoms with van der Waals surface area (Å²) in [6.07, 6.45) is 4.27. The first-order chi connectivity index (χ1) is 13.4. The van der Waals surface area contributed by atoms with Crippen LogP contribution in [-0.2, 0) is 33.7 Å². The molecule has 28 heavy (non-hydrogen) atoms. The van der Waals surface area contributed by atoms with Crippen LogP contribution >= 0.6 is 0 Å². The Morgan fingerprint density at radius 1 is 1.18 bits per heavy atom. The Hall–Kier alpha value is -2.64. The van der Waals surface area contributed by atoms with Crippen molar-refractivity contribution in [2.45, 2.75) is 29.6 Å². The van der Waals surface area contributed by atoms with E-state index >= 15 is 0 Å². The maximum atomic E-state index is 12.9. The van der Waals surface area contributed by atoms with Gasteiger partial charge >= 0.3 is 0 Å². The second-order valence-corrected chi connectivity index (χ2v) is 9.59. The standard InChI is InChI=1S/C21H21N3O3S/c1-24-12-17(16-4-2-3-5-19(16)24)21(8-9-21)13-22-28(26,27)15-6-7-18-14(10-15)11-20(25)23-18/h2-7,10,12,22H,8-9,11,13H2,1H3,(H,23,25). The van der Waals surface area contributed by atoms with Crippen LogP contribution < -0.4 is 10.0 Å². The van der Waals surface area contributed by atoms with E-state index in [1.165, 1.54) is 10.9 Å². The Balaban J connectivity index is 1.41. The molecule has 2 aliphatic rings. The first-order valence-electron chi connectivity index (χ1n) is 9.35. The summed E-state index contributed by atoms with van der Waals surface area (Å²) in [4.78, 5) is 11.7. The van der Waals surface area contributed by atoms with Crippen LogP contribution in [0.2, 0.25) is 0 Å². The number of aromatic nitrogens is 1. The molecule has 0 atom stereocenters. The Morgan fingerprint density at radius 2 is 1.96 bits per heavy atom. The molecule has 5 rings (SSSR count). The molecule has 1 amide bonds. The molecule has 2 N–H and O–H groups in total. The molecule has 0 unspecified atom stereocenters. The lowest BCUT2D eigenvalue weighted by molar-refractivity contribution is -0.115.